The van der Waals surface area contributed by atoms with Crippen molar-refractivity contribution in [2.45, 2.75) is 70.2 Å². The van der Waals surface area contributed by atoms with Crippen LogP contribution in [0.1, 0.15) is 18.9 Å². The lowest BCUT2D eigenvalue weighted by Gasteiger charge is -2.37. The molecule has 23 heavy (non-hydrogen) atoms. The van der Waals surface area contributed by atoms with Crippen molar-refractivity contribution in [2.24, 2.45) is 0 Å². The van der Waals surface area contributed by atoms with Gasteiger partial charge in [0, 0.05) is 21.1 Å². The maximum absolute atomic E-state index is 10.3. The molecule has 1 unspecified atom stereocenters. The molecule has 1 saturated heterocycles. The first-order valence-corrected chi connectivity index (χ1v) is 12.2. The molecule has 1 N–H and O–H groups in total. The molecular formula is C18H30O4Si. The Morgan fingerprint density at radius 3 is 2.52 bits per heavy atom. The van der Waals surface area contributed by atoms with E-state index in [2.05, 4.69) is 19.6 Å². The van der Waals surface area contributed by atoms with Crippen LogP contribution in [0.4, 0.5) is 0 Å². The summed E-state index contributed by atoms with van der Waals surface area (Å²) in [5.41, 5.74) is 1.11. The Labute approximate surface area is 140 Å². The highest BCUT2D eigenvalue weighted by Gasteiger charge is 2.36. The van der Waals surface area contributed by atoms with Crippen molar-refractivity contribution in [1.82, 2.24) is 0 Å². The number of benzene rings is 1. The first kappa shape index (κ1) is 18.6. The lowest BCUT2D eigenvalue weighted by atomic mass is 10.0. The minimum atomic E-state index is -1.11. The molecule has 0 radical (unpaired) electrons. The molecule has 4 atom stereocenters. The molecule has 5 heteroatoms. The molecule has 0 aliphatic carbocycles. The summed E-state index contributed by atoms with van der Waals surface area (Å²) < 4.78 is 17.6. The van der Waals surface area contributed by atoms with E-state index in [1.807, 2.05) is 37.3 Å². The van der Waals surface area contributed by atoms with Crippen LogP contribution < -0.4 is 0 Å². The highest BCUT2D eigenvalue weighted by Crippen LogP contribution is 2.25. The van der Waals surface area contributed by atoms with E-state index in [0.717, 1.165) is 11.6 Å². The highest BCUT2D eigenvalue weighted by atomic mass is 28.3. The Morgan fingerprint density at radius 1 is 1.17 bits per heavy atom. The SMILES string of the molecule is C[C@H]1OC(OCC[Si](C)(C)C)C[C@@H](OCc2ccccc2)[C@@H]1O. The molecule has 1 aromatic rings. The monoisotopic (exact) mass is 338 g/mol. The Morgan fingerprint density at radius 2 is 1.87 bits per heavy atom. The van der Waals surface area contributed by atoms with Gasteiger partial charge in [-0.3, -0.25) is 0 Å². The summed E-state index contributed by atoms with van der Waals surface area (Å²) in [4.78, 5) is 0. The van der Waals surface area contributed by atoms with Crippen molar-refractivity contribution in [3.05, 3.63) is 35.9 Å². The molecule has 1 aliphatic rings. The number of hydrogen-bond donors (Lipinski definition) is 1. The second-order valence-electron chi connectivity index (χ2n) is 7.51. The quantitative estimate of drug-likeness (QED) is 0.774. The van der Waals surface area contributed by atoms with Crippen LogP contribution in [-0.2, 0) is 20.8 Å². The number of ether oxygens (including phenoxy) is 3. The Bertz CT molecular complexity index is 460. The molecule has 0 amide bonds. The molecule has 4 nitrogen and oxygen atoms in total. The second-order valence-corrected chi connectivity index (χ2v) is 13.1. The van der Waals surface area contributed by atoms with Crippen molar-refractivity contribution >= 4 is 8.07 Å². The smallest absolute Gasteiger partial charge is 0.160 e. The van der Waals surface area contributed by atoms with Crippen LogP contribution in [-0.4, -0.2) is 44.4 Å². The van der Waals surface area contributed by atoms with Gasteiger partial charge in [-0.2, -0.15) is 0 Å². The summed E-state index contributed by atoms with van der Waals surface area (Å²) in [7, 11) is -1.11. The normalized spacial score (nSPS) is 28.7. The van der Waals surface area contributed by atoms with Crippen molar-refractivity contribution in [3.8, 4) is 0 Å². The van der Waals surface area contributed by atoms with E-state index in [1.165, 1.54) is 0 Å². The predicted octanol–water partition coefficient (Wildman–Crippen LogP) is 3.42. The summed E-state index contributed by atoms with van der Waals surface area (Å²) in [6.45, 7) is 10.1. The minimum Gasteiger partial charge on any atom is -0.388 e. The average Bonchev–Trinajstić information content (AvgIpc) is 2.49. The first-order valence-electron chi connectivity index (χ1n) is 8.46. The average molecular weight is 339 g/mol. The zero-order valence-electron chi connectivity index (χ0n) is 14.7. The third-order valence-electron chi connectivity index (χ3n) is 4.12. The molecule has 0 bridgehead atoms. The van der Waals surface area contributed by atoms with Crippen LogP contribution >= 0.6 is 0 Å². The van der Waals surface area contributed by atoms with E-state index in [-0.39, 0.29) is 18.5 Å². The molecule has 130 valence electrons. The van der Waals surface area contributed by atoms with Gasteiger partial charge in [0.05, 0.1) is 18.8 Å². The molecular weight excluding hydrogens is 308 g/mol. The summed E-state index contributed by atoms with van der Waals surface area (Å²) in [6.07, 6.45) is -0.859. The maximum atomic E-state index is 10.3. The Balaban J connectivity index is 1.83. The van der Waals surface area contributed by atoms with Gasteiger partial charge in [0.25, 0.3) is 0 Å². The third-order valence-corrected chi connectivity index (χ3v) is 5.82. The zero-order valence-corrected chi connectivity index (χ0v) is 15.7. The highest BCUT2D eigenvalue weighted by molar-refractivity contribution is 6.76. The number of aliphatic hydroxyl groups is 1. The maximum Gasteiger partial charge on any atom is 0.160 e. The largest absolute Gasteiger partial charge is 0.388 e. The summed E-state index contributed by atoms with van der Waals surface area (Å²) in [5.74, 6) is 0. The van der Waals surface area contributed by atoms with Gasteiger partial charge in [-0.25, -0.2) is 0 Å². The van der Waals surface area contributed by atoms with E-state index in [4.69, 9.17) is 14.2 Å². The van der Waals surface area contributed by atoms with Crippen LogP contribution in [0.25, 0.3) is 0 Å². The van der Waals surface area contributed by atoms with Crippen LogP contribution in [0.15, 0.2) is 30.3 Å². The Kier molecular flexibility index (Phi) is 6.80. The summed E-state index contributed by atoms with van der Waals surface area (Å²) in [5, 5.41) is 10.3. The van der Waals surface area contributed by atoms with Gasteiger partial charge in [-0.15, -0.1) is 0 Å². The predicted molar refractivity (Wildman–Crippen MR) is 94.1 cm³/mol. The fourth-order valence-electron chi connectivity index (χ4n) is 2.55. The van der Waals surface area contributed by atoms with Crippen molar-refractivity contribution in [1.29, 1.82) is 0 Å². The van der Waals surface area contributed by atoms with Gasteiger partial charge in [0.15, 0.2) is 6.29 Å². The Hall–Kier alpha value is -0.723. The van der Waals surface area contributed by atoms with E-state index >= 15 is 0 Å². The van der Waals surface area contributed by atoms with Gasteiger partial charge >= 0.3 is 0 Å². The van der Waals surface area contributed by atoms with E-state index in [9.17, 15) is 5.11 Å². The van der Waals surface area contributed by atoms with Gasteiger partial charge < -0.3 is 19.3 Å². The topological polar surface area (TPSA) is 47.9 Å². The van der Waals surface area contributed by atoms with Gasteiger partial charge in [0.2, 0.25) is 0 Å². The van der Waals surface area contributed by atoms with Crippen molar-refractivity contribution in [2.75, 3.05) is 6.61 Å². The summed E-state index contributed by atoms with van der Waals surface area (Å²) >= 11 is 0. The van der Waals surface area contributed by atoms with E-state index in [0.29, 0.717) is 19.6 Å². The lowest BCUT2D eigenvalue weighted by Crippen LogP contribution is -2.48. The molecule has 0 saturated carbocycles. The van der Waals surface area contributed by atoms with Gasteiger partial charge in [0.1, 0.15) is 6.10 Å². The number of rotatable bonds is 7. The zero-order chi connectivity index (χ0) is 16.9. The number of hydrogen-bond acceptors (Lipinski definition) is 4. The molecule has 0 spiro atoms. The van der Waals surface area contributed by atoms with Crippen LogP contribution in [0.2, 0.25) is 25.7 Å². The standard InChI is InChI=1S/C18H30O4Si/c1-14-18(19)16(21-13-15-8-6-5-7-9-15)12-17(22-14)20-10-11-23(2,3)4/h5-9,14,16-19H,10-13H2,1-4H3/t14-,16-,17?,18-/m1/s1. The molecule has 2 rings (SSSR count). The second kappa shape index (κ2) is 8.40. The molecule has 1 aliphatic heterocycles. The third kappa shape index (κ3) is 6.35. The van der Waals surface area contributed by atoms with Crippen molar-refractivity contribution in [3.63, 3.8) is 0 Å². The molecule has 1 aromatic carbocycles. The lowest BCUT2D eigenvalue weighted by molar-refractivity contribution is -0.253. The summed E-state index contributed by atoms with van der Waals surface area (Å²) in [6, 6.07) is 11.1. The molecule has 0 aromatic heterocycles. The molecule has 1 heterocycles. The van der Waals surface area contributed by atoms with E-state index in [1.54, 1.807) is 0 Å². The molecule has 1 fully saturated rings. The minimum absolute atomic E-state index is 0.254. The van der Waals surface area contributed by atoms with Crippen LogP contribution in [0.3, 0.4) is 0 Å². The first-order chi connectivity index (χ1) is 10.8. The fraction of sp³-hybridized carbons (Fsp3) is 0.667. The van der Waals surface area contributed by atoms with Gasteiger partial charge in [-0.1, -0.05) is 50.0 Å². The van der Waals surface area contributed by atoms with Crippen LogP contribution in [0, 0.1) is 0 Å². The van der Waals surface area contributed by atoms with Gasteiger partial charge in [-0.05, 0) is 18.5 Å². The van der Waals surface area contributed by atoms with Crippen LogP contribution in [0.5, 0.6) is 0 Å². The van der Waals surface area contributed by atoms with Crippen molar-refractivity contribution < 1.29 is 19.3 Å². The fourth-order valence-corrected chi connectivity index (χ4v) is 3.29. The van der Waals surface area contributed by atoms with E-state index < -0.39 is 14.2 Å². The number of aliphatic hydroxyl groups excluding tert-OH is 1.